The molecular formula is C13H10IrN2-2. The van der Waals surface area contributed by atoms with Crippen molar-refractivity contribution < 1.29 is 20.1 Å². The van der Waals surface area contributed by atoms with Gasteiger partial charge in [-0.25, -0.2) is 0 Å². The zero-order valence-corrected chi connectivity index (χ0v) is 10.9. The molecule has 0 saturated carbocycles. The molecule has 3 rings (SSSR count). The predicted octanol–water partition coefficient (Wildman–Crippen LogP) is 3.17. The monoisotopic (exact) mass is 387 g/mol. The van der Waals surface area contributed by atoms with E-state index in [1.165, 1.54) is 5.69 Å². The van der Waals surface area contributed by atoms with Gasteiger partial charge in [0.15, 0.2) is 0 Å². The Kier molecular flexibility index (Phi) is 3.27. The van der Waals surface area contributed by atoms with Crippen molar-refractivity contribution in [3.8, 4) is 0 Å². The van der Waals surface area contributed by atoms with E-state index in [1.54, 1.807) is 0 Å². The number of para-hydroxylation sites is 3. The molecule has 0 saturated heterocycles. The van der Waals surface area contributed by atoms with Crippen LogP contribution < -0.4 is 10.2 Å². The Labute approximate surface area is 109 Å². The molecule has 0 fully saturated rings. The van der Waals surface area contributed by atoms with Crippen LogP contribution in [0.15, 0.2) is 48.5 Å². The summed E-state index contributed by atoms with van der Waals surface area (Å²) in [6, 6.07) is 19.4. The number of nitrogens with one attached hydrogen (secondary N) is 1. The van der Waals surface area contributed by atoms with Gasteiger partial charge in [0.1, 0.15) is 0 Å². The van der Waals surface area contributed by atoms with E-state index in [9.17, 15) is 0 Å². The van der Waals surface area contributed by atoms with Gasteiger partial charge in [-0.3, -0.25) is 0 Å². The normalized spacial score (nSPS) is 12.6. The summed E-state index contributed by atoms with van der Waals surface area (Å²) in [5.74, 6) is 0. The van der Waals surface area contributed by atoms with Crippen molar-refractivity contribution in [1.29, 1.82) is 0 Å². The van der Waals surface area contributed by atoms with Gasteiger partial charge < -0.3 is 10.2 Å². The third kappa shape index (κ3) is 1.84. The third-order valence-electron chi connectivity index (χ3n) is 2.46. The van der Waals surface area contributed by atoms with Crippen LogP contribution in [0.2, 0.25) is 0 Å². The minimum atomic E-state index is 0. The zero-order valence-electron chi connectivity index (χ0n) is 8.48. The van der Waals surface area contributed by atoms with Crippen LogP contribution in [0.5, 0.6) is 0 Å². The van der Waals surface area contributed by atoms with Crippen molar-refractivity contribution in [2.75, 3.05) is 10.2 Å². The molecule has 1 radical (unpaired) electrons. The van der Waals surface area contributed by atoms with Gasteiger partial charge in [-0.1, -0.05) is 12.1 Å². The second kappa shape index (κ2) is 4.69. The number of hydrogen-bond acceptors (Lipinski definition) is 2. The maximum absolute atomic E-state index is 3.23. The number of benzene rings is 2. The molecule has 0 unspecified atom stereocenters. The van der Waals surface area contributed by atoms with Gasteiger partial charge in [0, 0.05) is 31.5 Å². The van der Waals surface area contributed by atoms with Crippen molar-refractivity contribution in [2.45, 2.75) is 0 Å². The fourth-order valence-corrected chi connectivity index (χ4v) is 1.74. The summed E-state index contributed by atoms with van der Waals surface area (Å²) in [5, 5.41) is 3.23. The molecular weight excluding hydrogens is 376 g/mol. The summed E-state index contributed by atoms with van der Waals surface area (Å²) in [5.41, 5.74) is 3.35. The maximum Gasteiger partial charge on any atom is 0.0324 e. The first-order valence-corrected chi connectivity index (χ1v) is 4.90. The average molecular weight is 386 g/mol. The zero-order chi connectivity index (χ0) is 10.1. The van der Waals surface area contributed by atoms with Crippen molar-refractivity contribution >= 4 is 17.1 Å². The molecule has 1 N–H and O–H groups in total. The molecule has 16 heavy (non-hydrogen) atoms. The molecule has 0 amide bonds. The van der Waals surface area contributed by atoms with Gasteiger partial charge in [0.05, 0.1) is 0 Å². The van der Waals surface area contributed by atoms with Gasteiger partial charge in [0.25, 0.3) is 0 Å². The average Bonchev–Trinajstić information content (AvgIpc) is 2.74. The van der Waals surface area contributed by atoms with E-state index in [2.05, 4.69) is 28.4 Å². The smallest absolute Gasteiger partial charge is 0.0324 e. The van der Waals surface area contributed by atoms with E-state index in [4.69, 9.17) is 0 Å². The quantitative estimate of drug-likeness (QED) is 0.758. The first kappa shape index (κ1) is 11.2. The molecule has 0 atom stereocenters. The summed E-state index contributed by atoms with van der Waals surface area (Å²) in [6.07, 6.45) is 0. The Balaban J connectivity index is 0.000000963. The minimum absolute atomic E-state index is 0. The first-order valence-electron chi connectivity index (χ1n) is 4.90. The van der Waals surface area contributed by atoms with Crippen LogP contribution >= 0.6 is 0 Å². The standard InChI is InChI=1S/C13H10N2.Ir/c1-2-6-11(7-3-1)15-10-14-12-8-4-5-9-13(12)15;/h1-6,8-10,14H;/q-2;. The Morgan fingerprint density at radius 3 is 2.69 bits per heavy atom. The van der Waals surface area contributed by atoms with E-state index in [1.807, 2.05) is 43.1 Å². The van der Waals surface area contributed by atoms with Crippen LogP contribution in [-0.4, -0.2) is 0 Å². The van der Waals surface area contributed by atoms with E-state index in [0.717, 1.165) is 11.4 Å². The second-order valence-corrected chi connectivity index (χ2v) is 3.41. The van der Waals surface area contributed by atoms with E-state index in [-0.39, 0.29) is 20.1 Å². The molecule has 83 valence electrons. The van der Waals surface area contributed by atoms with Crippen LogP contribution in [0, 0.1) is 12.7 Å². The molecule has 0 aromatic heterocycles. The third-order valence-corrected chi connectivity index (χ3v) is 2.46. The molecule has 1 aliphatic rings. The number of fused-ring (bicyclic) bond motifs is 1. The van der Waals surface area contributed by atoms with Crippen LogP contribution in [0.3, 0.4) is 0 Å². The summed E-state index contributed by atoms with van der Waals surface area (Å²) < 4.78 is 0. The Morgan fingerprint density at radius 1 is 1.06 bits per heavy atom. The Bertz CT molecular complexity index is 470. The fraction of sp³-hybridized carbons (Fsp3) is 0. The summed E-state index contributed by atoms with van der Waals surface area (Å²) >= 11 is 0. The Morgan fingerprint density at radius 2 is 1.88 bits per heavy atom. The molecule has 1 heterocycles. The van der Waals surface area contributed by atoms with Gasteiger partial charge in [-0.2, -0.15) is 37.0 Å². The molecule has 1 aliphatic heterocycles. The summed E-state index contributed by atoms with van der Waals surface area (Å²) in [7, 11) is 0. The van der Waals surface area contributed by atoms with Gasteiger partial charge in [0.2, 0.25) is 0 Å². The van der Waals surface area contributed by atoms with Gasteiger partial charge in [-0.05, 0) is 12.1 Å². The molecule has 0 aliphatic carbocycles. The SMILES string of the molecule is [Ir].[c-]1ccccc1N1[CH-]Nc2ccccc21. The molecule has 2 aromatic rings. The van der Waals surface area contributed by atoms with E-state index >= 15 is 0 Å². The number of hydrogen-bond donors (Lipinski definition) is 1. The summed E-state index contributed by atoms with van der Waals surface area (Å²) in [4.78, 5) is 2.09. The maximum atomic E-state index is 3.23. The summed E-state index contributed by atoms with van der Waals surface area (Å²) in [6.45, 7) is 1.95. The molecule has 0 spiro atoms. The number of rotatable bonds is 1. The van der Waals surface area contributed by atoms with Crippen LogP contribution in [0.1, 0.15) is 0 Å². The first-order chi connectivity index (χ1) is 7.45. The van der Waals surface area contributed by atoms with Crippen molar-refractivity contribution in [3.63, 3.8) is 0 Å². The molecule has 0 bridgehead atoms. The van der Waals surface area contributed by atoms with Crippen molar-refractivity contribution in [1.82, 2.24) is 0 Å². The number of nitrogens with zero attached hydrogens (tertiary/aromatic N) is 1. The van der Waals surface area contributed by atoms with Gasteiger partial charge in [-0.15, -0.1) is 5.69 Å². The van der Waals surface area contributed by atoms with Crippen molar-refractivity contribution in [2.24, 2.45) is 0 Å². The fourth-order valence-electron chi connectivity index (χ4n) is 1.74. The van der Waals surface area contributed by atoms with Crippen LogP contribution in [0.4, 0.5) is 17.1 Å². The largest absolute Gasteiger partial charge is 0.514 e. The molecule has 2 aromatic carbocycles. The Hall–Kier alpha value is -1.31. The van der Waals surface area contributed by atoms with Gasteiger partial charge >= 0.3 is 0 Å². The minimum Gasteiger partial charge on any atom is -0.514 e. The number of anilines is 3. The predicted molar refractivity (Wildman–Crippen MR) is 61.8 cm³/mol. The second-order valence-electron chi connectivity index (χ2n) is 3.41. The van der Waals surface area contributed by atoms with E-state index < -0.39 is 0 Å². The molecule has 3 heteroatoms. The topological polar surface area (TPSA) is 15.3 Å². The molecule has 2 nitrogen and oxygen atoms in total. The van der Waals surface area contributed by atoms with Crippen LogP contribution in [-0.2, 0) is 20.1 Å². The van der Waals surface area contributed by atoms with E-state index in [0.29, 0.717) is 0 Å². The van der Waals surface area contributed by atoms with Crippen LogP contribution in [0.25, 0.3) is 0 Å². The van der Waals surface area contributed by atoms with Crippen molar-refractivity contribution in [3.05, 3.63) is 61.3 Å².